The van der Waals surface area contributed by atoms with E-state index >= 15 is 0 Å². The van der Waals surface area contributed by atoms with E-state index in [9.17, 15) is 4.79 Å². The van der Waals surface area contributed by atoms with E-state index in [4.69, 9.17) is 14.6 Å². The zero-order valence-electron chi connectivity index (χ0n) is 13.3. The zero-order valence-corrected chi connectivity index (χ0v) is 13.3. The average Bonchev–Trinajstić information content (AvgIpc) is 2.49. The molecule has 1 N–H and O–H groups in total. The van der Waals surface area contributed by atoms with Crippen LogP contribution in [0.2, 0.25) is 0 Å². The van der Waals surface area contributed by atoms with E-state index in [1.54, 1.807) is 19.2 Å². The molecule has 0 atom stereocenters. The van der Waals surface area contributed by atoms with Gasteiger partial charge in [0.2, 0.25) is 0 Å². The molecule has 0 saturated heterocycles. The molecule has 21 heavy (non-hydrogen) atoms. The van der Waals surface area contributed by atoms with Crippen molar-refractivity contribution >= 4 is 5.97 Å². The van der Waals surface area contributed by atoms with Crippen LogP contribution in [0.15, 0.2) is 12.1 Å². The first kappa shape index (κ1) is 17.3. The number of aryl methyl sites for hydroxylation is 1. The lowest BCUT2D eigenvalue weighted by molar-refractivity contribution is 0.0693. The summed E-state index contributed by atoms with van der Waals surface area (Å²) in [5.41, 5.74) is 1.15. The predicted octanol–water partition coefficient (Wildman–Crippen LogP) is 4.31. The molecule has 0 aliphatic carbocycles. The summed E-state index contributed by atoms with van der Waals surface area (Å²) in [5, 5.41) is 9.17. The third-order valence-corrected chi connectivity index (χ3v) is 3.63. The van der Waals surface area contributed by atoms with Crippen LogP contribution in [0.5, 0.6) is 11.5 Å². The maximum absolute atomic E-state index is 11.2. The third kappa shape index (κ3) is 5.29. The Bertz CT molecular complexity index is 454. The fraction of sp³-hybridized carbons (Fsp3) is 0.588. The van der Waals surface area contributed by atoms with Gasteiger partial charge in [-0.15, -0.1) is 0 Å². The van der Waals surface area contributed by atoms with Crippen LogP contribution in [0.3, 0.4) is 0 Å². The van der Waals surface area contributed by atoms with Crippen LogP contribution in [-0.4, -0.2) is 25.3 Å². The Balaban J connectivity index is 2.70. The quantitative estimate of drug-likeness (QED) is 0.653. The summed E-state index contributed by atoms with van der Waals surface area (Å²) in [6.07, 6.45) is 8.23. The van der Waals surface area contributed by atoms with Gasteiger partial charge in [0.1, 0.15) is 17.1 Å². The maximum Gasteiger partial charge on any atom is 0.339 e. The van der Waals surface area contributed by atoms with Gasteiger partial charge in [-0.2, -0.15) is 0 Å². The maximum atomic E-state index is 11.2. The van der Waals surface area contributed by atoms with E-state index in [1.807, 2.05) is 0 Å². The highest BCUT2D eigenvalue weighted by Gasteiger charge is 2.15. The van der Waals surface area contributed by atoms with E-state index in [0.717, 1.165) is 18.4 Å². The van der Waals surface area contributed by atoms with E-state index in [0.29, 0.717) is 11.5 Å². The summed E-state index contributed by atoms with van der Waals surface area (Å²) < 4.78 is 10.5. The molecule has 0 aliphatic rings. The number of aromatic carboxylic acids is 1. The van der Waals surface area contributed by atoms with Gasteiger partial charge in [-0.1, -0.05) is 39.0 Å². The zero-order chi connectivity index (χ0) is 15.7. The normalized spacial score (nSPS) is 10.4. The van der Waals surface area contributed by atoms with Crippen molar-refractivity contribution in [1.29, 1.82) is 0 Å². The minimum absolute atomic E-state index is 0.140. The molecule has 0 spiro atoms. The van der Waals surface area contributed by atoms with Crippen molar-refractivity contribution < 1.29 is 19.4 Å². The Hall–Kier alpha value is -1.71. The summed E-state index contributed by atoms with van der Waals surface area (Å²) >= 11 is 0. The Labute approximate surface area is 127 Å². The van der Waals surface area contributed by atoms with Gasteiger partial charge in [0.25, 0.3) is 0 Å². The second-order valence-electron chi connectivity index (χ2n) is 5.19. The molecule has 0 amide bonds. The molecule has 1 aromatic rings. The summed E-state index contributed by atoms with van der Waals surface area (Å²) in [6, 6.07) is 3.34. The number of hydrogen-bond donors (Lipinski definition) is 1. The fourth-order valence-electron chi connectivity index (χ4n) is 2.42. The number of methoxy groups -OCH3 is 2. The molecule has 4 nitrogen and oxygen atoms in total. The lowest BCUT2D eigenvalue weighted by atomic mass is 10.0. The highest BCUT2D eigenvalue weighted by atomic mass is 16.5. The van der Waals surface area contributed by atoms with E-state index < -0.39 is 5.97 Å². The van der Waals surface area contributed by atoms with Crippen LogP contribution >= 0.6 is 0 Å². The highest BCUT2D eigenvalue weighted by molar-refractivity contribution is 5.91. The minimum Gasteiger partial charge on any atom is -0.496 e. The SMILES string of the molecule is CCCCCCCCc1cc(OC)c(C(=O)O)cc1OC. The highest BCUT2D eigenvalue weighted by Crippen LogP contribution is 2.30. The van der Waals surface area contributed by atoms with Crippen LogP contribution in [0.1, 0.15) is 61.4 Å². The molecule has 0 bridgehead atoms. The first-order chi connectivity index (χ1) is 10.1. The molecule has 0 saturated carbocycles. The Morgan fingerprint density at radius 1 is 1.00 bits per heavy atom. The van der Waals surface area contributed by atoms with Crippen molar-refractivity contribution in [2.75, 3.05) is 14.2 Å². The molecule has 0 aliphatic heterocycles. The molecule has 1 rings (SSSR count). The number of carboxylic acids is 1. The topological polar surface area (TPSA) is 55.8 Å². The molecular weight excluding hydrogens is 268 g/mol. The van der Waals surface area contributed by atoms with Gasteiger partial charge in [0, 0.05) is 0 Å². The lowest BCUT2D eigenvalue weighted by Gasteiger charge is -2.13. The molecular formula is C17H26O4. The van der Waals surface area contributed by atoms with Crippen LogP contribution in [0.25, 0.3) is 0 Å². The minimum atomic E-state index is -1.00. The number of benzene rings is 1. The second kappa shape index (κ2) is 9.27. The molecule has 0 fully saturated rings. The van der Waals surface area contributed by atoms with Gasteiger partial charge < -0.3 is 14.6 Å². The molecule has 0 aromatic heterocycles. The van der Waals surface area contributed by atoms with Crippen LogP contribution in [0, 0.1) is 0 Å². The Morgan fingerprint density at radius 2 is 1.62 bits per heavy atom. The van der Waals surface area contributed by atoms with Crippen molar-refractivity contribution in [2.45, 2.75) is 51.9 Å². The van der Waals surface area contributed by atoms with Gasteiger partial charge in [-0.05, 0) is 30.5 Å². The van der Waals surface area contributed by atoms with Crippen molar-refractivity contribution in [3.8, 4) is 11.5 Å². The molecule has 1 aromatic carbocycles. The fourth-order valence-corrected chi connectivity index (χ4v) is 2.42. The average molecular weight is 294 g/mol. The molecule has 0 unspecified atom stereocenters. The van der Waals surface area contributed by atoms with E-state index in [2.05, 4.69) is 6.92 Å². The van der Waals surface area contributed by atoms with Crippen molar-refractivity contribution in [2.24, 2.45) is 0 Å². The molecule has 0 heterocycles. The van der Waals surface area contributed by atoms with E-state index in [1.165, 1.54) is 39.2 Å². The number of ether oxygens (including phenoxy) is 2. The Kier molecular flexibility index (Phi) is 7.65. The molecule has 4 heteroatoms. The van der Waals surface area contributed by atoms with Crippen molar-refractivity contribution in [3.63, 3.8) is 0 Å². The molecule has 0 radical (unpaired) electrons. The summed E-state index contributed by atoms with van der Waals surface area (Å²) in [7, 11) is 3.06. The largest absolute Gasteiger partial charge is 0.496 e. The summed E-state index contributed by atoms with van der Waals surface area (Å²) in [5.74, 6) is 0.0160. The van der Waals surface area contributed by atoms with Crippen LogP contribution < -0.4 is 9.47 Å². The van der Waals surface area contributed by atoms with Gasteiger partial charge >= 0.3 is 5.97 Å². The molecule has 118 valence electrons. The Morgan fingerprint density at radius 3 is 2.19 bits per heavy atom. The monoisotopic (exact) mass is 294 g/mol. The van der Waals surface area contributed by atoms with Crippen LogP contribution in [-0.2, 0) is 6.42 Å². The second-order valence-corrected chi connectivity index (χ2v) is 5.19. The predicted molar refractivity (Wildman–Crippen MR) is 83.6 cm³/mol. The smallest absolute Gasteiger partial charge is 0.339 e. The summed E-state index contributed by atoms with van der Waals surface area (Å²) in [6.45, 7) is 2.21. The van der Waals surface area contributed by atoms with Crippen molar-refractivity contribution in [1.82, 2.24) is 0 Å². The van der Waals surface area contributed by atoms with Gasteiger partial charge in [0.15, 0.2) is 0 Å². The van der Waals surface area contributed by atoms with Crippen molar-refractivity contribution in [3.05, 3.63) is 23.3 Å². The van der Waals surface area contributed by atoms with Gasteiger partial charge in [-0.25, -0.2) is 4.79 Å². The van der Waals surface area contributed by atoms with Gasteiger partial charge in [-0.3, -0.25) is 0 Å². The number of unbranched alkanes of at least 4 members (excludes halogenated alkanes) is 5. The lowest BCUT2D eigenvalue weighted by Crippen LogP contribution is -2.03. The van der Waals surface area contributed by atoms with Crippen LogP contribution in [0.4, 0.5) is 0 Å². The standard InChI is InChI=1S/C17H26O4/c1-4-5-6-7-8-9-10-13-11-16(21-3)14(17(18)19)12-15(13)20-2/h11-12H,4-10H2,1-3H3,(H,18,19). The third-order valence-electron chi connectivity index (χ3n) is 3.63. The first-order valence-corrected chi connectivity index (χ1v) is 7.62. The number of hydrogen-bond acceptors (Lipinski definition) is 3. The number of rotatable bonds is 10. The first-order valence-electron chi connectivity index (χ1n) is 7.62. The number of carboxylic acid groups (broad SMARTS) is 1. The van der Waals surface area contributed by atoms with E-state index in [-0.39, 0.29) is 5.56 Å². The number of carbonyl (C=O) groups is 1. The van der Waals surface area contributed by atoms with Gasteiger partial charge in [0.05, 0.1) is 14.2 Å². The summed E-state index contributed by atoms with van der Waals surface area (Å²) in [4.78, 5) is 11.2.